The Kier molecular flexibility index (Phi) is 4.97. The molecule has 24 heavy (non-hydrogen) atoms. The minimum atomic E-state index is -0.522. The van der Waals surface area contributed by atoms with E-state index < -0.39 is 11.6 Å². The van der Waals surface area contributed by atoms with E-state index in [-0.39, 0.29) is 0 Å². The molecule has 1 saturated heterocycles. The van der Waals surface area contributed by atoms with Crippen molar-refractivity contribution in [3.63, 3.8) is 0 Å². The lowest BCUT2D eigenvalue weighted by molar-refractivity contribution is 0.397. The number of halogens is 2. The van der Waals surface area contributed by atoms with Gasteiger partial charge >= 0.3 is 0 Å². The molecule has 0 aliphatic carbocycles. The van der Waals surface area contributed by atoms with Crippen LogP contribution in [0.4, 0.5) is 20.2 Å². The van der Waals surface area contributed by atoms with Crippen LogP contribution >= 0.6 is 0 Å². The van der Waals surface area contributed by atoms with E-state index in [2.05, 4.69) is 22.9 Å². The van der Waals surface area contributed by atoms with Crippen LogP contribution in [0, 0.1) is 17.6 Å². The highest BCUT2D eigenvalue weighted by Gasteiger charge is 2.22. The number of rotatable bonds is 4. The predicted molar refractivity (Wildman–Crippen MR) is 93.0 cm³/mol. The fraction of sp³-hybridized carbons (Fsp3) is 0.421. The second-order valence-corrected chi connectivity index (χ2v) is 6.46. The topological polar surface area (TPSA) is 42.1 Å². The third-order valence-electron chi connectivity index (χ3n) is 4.81. The highest BCUT2D eigenvalue weighted by molar-refractivity contribution is 5.67. The fourth-order valence-corrected chi connectivity index (χ4v) is 3.34. The number of hydrogen-bond donors (Lipinski definition) is 1. The maximum atomic E-state index is 13.8. The number of pyridine rings is 1. The second kappa shape index (κ2) is 7.16. The number of nitrogens with zero attached hydrogens (tertiary/aromatic N) is 2. The highest BCUT2D eigenvalue weighted by Crippen LogP contribution is 2.30. The second-order valence-electron chi connectivity index (χ2n) is 6.46. The first-order chi connectivity index (χ1) is 11.6. The van der Waals surface area contributed by atoms with Crippen molar-refractivity contribution in [1.29, 1.82) is 0 Å². The van der Waals surface area contributed by atoms with Gasteiger partial charge in [0.15, 0.2) is 0 Å². The molecule has 0 atom stereocenters. The van der Waals surface area contributed by atoms with Gasteiger partial charge in [0.1, 0.15) is 11.6 Å². The Labute approximate surface area is 141 Å². The van der Waals surface area contributed by atoms with E-state index in [1.165, 1.54) is 6.07 Å². The largest absolute Gasteiger partial charge is 0.396 e. The Morgan fingerprint density at radius 1 is 1.21 bits per heavy atom. The zero-order valence-corrected chi connectivity index (χ0v) is 13.9. The standard InChI is InChI=1S/C19H23F2N3/c1-2-16-11-19(18(22)12-23-16)24-7-5-13(6-8-24)9-14-3-4-15(20)10-17(14)21/h3-4,10-13H,2,5-9,22H2,1H3. The van der Waals surface area contributed by atoms with E-state index >= 15 is 0 Å². The Morgan fingerprint density at radius 2 is 1.96 bits per heavy atom. The number of aromatic nitrogens is 1. The van der Waals surface area contributed by atoms with Gasteiger partial charge in [-0.05, 0) is 49.3 Å². The highest BCUT2D eigenvalue weighted by atomic mass is 19.1. The van der Waals surface area contributed by atoms with E-state index in [4.69, 9.17) is 5.73 Å². The van der Waals surface area contributed by atoms with Gasteiger partial charge in [-0.3, -0.25) is 4.98 Å². The third-order valence-corrected chi connectivity index (χ3v) is 4.81. The molecule has 0 saturated carbocycles. The Balaban J connectivity index is 1.63. The SMILES string of the molecule is CCc1cc(N2CCC(Cc3ccc(F)cc3F)CC2)c(N)cn1. The van der Waals surface area contributed by atoms with E-state index in [1.54, 1.807) is 12.3 Å². The van der Waals surface area contributed by atoms with Crippen molar-refractivity contribution >= 4 is 11.4 Å². The summed E-state index contributed by atoms with van der Waals surface area (Å²) in [5.41, 5.74) is 9.47. The van der Waals surface area contributed by atoms with Gasteiger partial charge in [0.25, 0.3) is 0 Å². The number of benzene rings is 1. The van der Waals surface area contributed by atoms with E-state index in [0.29, 0.717) is 23.6 Å². The zero-order valence-electron chi connectivity index (χ0n) is 13.9. The molecule has 128 valence electrons. The third kappa shape index (κ3) is 3.66. The van der Waals surface area contributed by atoms with Gasteiger partial charge in [-0.2, -0.15) is 0 Å². The summed E-state index contributed by atoms with van der Waals surface area (Å²) < 4.78 is 26.8. The molecule has 5 heteroatoms. The van der Waals surface area contributed by atoms with Crippen LogP contribution in [0.3, 0.4) is 0 Å². The number of piperidine rings is 1. The van der Waals surface area contributed by atoms with Crippen LogP contribution < -0.4 is 10.6 Å². The molecule has 2 N–H and O–H groups in total. The molecule has 2 aromatic rings. The molecule has 1 aliphatic rings. The van der Waals surface area contributed by atoms with Crippen LogP contribution in [0.25, 0.3) is 0 Å². The summed E-state index contributed by atoms with van der Waals surface area (Å²) in [5, 5.41) is 0. The molecule has 1 fully saturated rings. The number of nitrogens with two attached hydrogens (primary N) is 1. The molecule has 0 spiro atoms. The van der Waals surface area contributed by atoms with Crippen LogP contribution in [0.2, 0.25) is 0 Å². The first-order valence-electron chi connectivity index (χ1n) is 8.50. The summed E-state index contributed by atoms with van der Waals surface area (Å²) in [5.74, 6) is -0.552. The van der Waals surface area contributed by atoms with Crippen molar-refractivity contribution in [2.75, 3.05) is 23.7 Å². The molecule has 0 unspecified atom stereocenters. The van der Waals surface area contributed by atoms with Crippen molar-refractivity contribution in [2.45, 2.75) is 32.6 Å². The quantitative estimate of drug-likeness (QED) is 0.922. The average molecular weight is 331 g/mol. The molecule has 1 aromatic heterocycles. The molecule has 3 rings (SSSR count). The first kappa shape index (κ1) is 16.7. The zero-order chi connectivity index (χ0) is 17.1. The number of nitrogen functional groups attached to an aromatic ring is 1. The molecule has 3 nitrogen and oxygen atoms in total. The summed E-state index contributed by atoms with van der Waals surface area (Å²) in [7, 11) is 0. The molecule has 0 bridgehead atoms. The number of aryl methyl sites for hydroxylation is 1. The maximum absolute atomic E-state index is 13.8. The number of anilines is 2. The van der Waals surface area contributed by atoms with Crippen molar-refractivity contribution < 1.29 is 8.78 Å². The normalized spacial score (nSPS) is 15.7. The van der Waals surface area contributed by atoms with Crippen LogP contribution in [0.15, 0.2) is 30.5 Å². The smallest absolute Gasteiger partial charge is 0.129 e. The fourth-order valence-electron chi connectivity index (χ4n) is 3.34. The van der Waals surface area contributed by atoms with Crippen molar-refractivity contribution in [3.8, 4) is 0 Å². The van der Waals surface area contributed by atoms with Gasteiger partial charge in [0.05, 0.1) is 17.6 Å². The summed E-state index contributed by atoms with van der Waals surface area (Å²) in [4.78, 5) is 6.60. The van der Waals surface area contributed by atoms with Gasteiger partial charge in [0.2, 0.25) is 0 Å². The van der Waals surface area contributed by atoms with E-state index in [9.17, 15) is 8.78 Å². The molecule has 0 amide bonds. The van der Waals surface area contributed by atoms with Crippen LogP contribution in [0.5, 0.6) is 0 Å². The Morgan fingerprint density at radius 3 is 2.62 bits per heavy atom. The average Bonchev–Trinajstić information content (AvgIpc) is 2.59. The first-order valence-corrected chi connectivity index (χ1v) is 8.50. The van der Waals surface area contributed by atoms with Crippen molar-refractivity contribution in [3.05, 3.63) is 53.4 Å². The lowest BCUT2D eigenvalue weighted by Gasteiger charge is -2.34. The van der Waals surface area contributed by atoms with E-state index in [1.807, 2.05) is 0 Å². The monoisotopic (exact) mass is 331 g/mol. The van der Waals surface area contributed by atoms with Crippen molar-refractivity contribution in [2.24, 2.45) is 5.92 Å². The van der Waals surface area contributed by atoms with Gasteiger partial charge in [-0.15, -0.1) is 0 Å². The Bertz CT molecular complexity index is 710. The van der Waals surface area contributed by atoms with Crippen LogP contribution in [-0.2, 0) is 12.8 Å². The minimum absolute atomic E-state index is 0.412. The predicted octanol–water partition coefficient (Wildman–Crippen LogP) is 3.96. The summed E-state index contributed by atoms with van der Waals surface area (Å²) in [6.07, 6.45) is 5.22. The van der Waals surface area contributed by atoms with Gasteiger partial charge in [-0.25, -0.2) is 8.78 Å². The van der Waals surface area contributed by atoms with Gasteiger partial charge < -0.3 is 10.6 Å². The summed E-state index contributed by atoms with van der Waals surface area (Å²) >= 11 is 0. The van der Waals surface area contributed by atoms with Gasteiger partial charge in [-0.1, -0.05) is 13.0 Å². The lowest BCUT2D eigenvalue weighted by atomic mass is 9.89. The minimum Gasteiger partial charge on any atom is -0.396 e. The van der Waals surface area contributed by atoms with E-state index in [0.717, 1.165) is 49.8 Å². The molecule has 0 radical (unpaired) electrons. The van der Waals surface area contributed by atoms with Crippen LogP contribution in [-0.4, -0.2) is 18.1 Å². The molecule has 1 aromatic carbocycles. The number of hydrogen-bond acceptors (Lipinski definition) is 3. The lowest BCUT2D eigenvalue weighted by Crippen LogP contribution is -2.35. The summed E-state index contributed by atoms with van der Waals surface area (Å²) in [6, 6.07) is 5.92. The van der Waals surface area contributed by atoms with Gasteiger partial charge in [0, 0.05) is 24.8 Å². The van der Waals surface area contributed by atoms with Crippen molar-refractivity contribution in [1.82, 2.24) is 4.98 Å². The molecule has 1 aliphatic heterocycles. The summed E-state index contributed by atoms with van der Waals surface area (Å²) in [6.45, 7) is 3.86. The Hall–Kier alpha value is -2.17. The molecule has 2 heterocycles. The molecular weight excluding hydrogens is 308 g/mol. The molecular formula is C19H23F2N3. The maximum Gasteiger partial charge on any atom is 0.129 e. The van der Waals surface area contributed by atoms with Crippen LogP contribution in [0.1, 0.15) is 31.0 Å².